The molecule has 0 unspecified atom stereocenters. The topological polar surface area (TPSA) is 0 Å². The van der Waals surface area contributed by atoms with Gasteiger partial charge in [0.1, 0.15) is 0 Å². The Hall–Kier alpha value is -1.29. The van der Waals surface area contributed by atoms with E-state index in [1.807, 2.05) is 19.1 Å². The van der Waals surface area contributed by atoms with E-state index in [9.17, 15) is 13.2 Å². The summed E-state index contributed by atoms with van der Waals surface area (Å²) in [5.41, 5.74) is 0.218. The van der Waals surface area contributed by atoms with Crippen molar-refractivity contribution in [2.75, 3.05) is 0 Å². The number of alkyl halides is 3. The second kappa shape index (κ2) is 3.94. The van der Waals surface area contributed by atoms with Crippen LogP contribution in [0.4, 0.5) is 13.2 Å². The van der Waals surface area contributed by atoms with Crippen molar-refractivity contribution in [1.29, 1.82) is 0 Å². The fourth-order valence-electron chi connectivity index (χ4n) is 1.41. The van der Waals surface area contributed by atoms with Gasteiger partial charge in [-0.2, -0.15) is 13.2 Å². The van der Waals surface area contributed by atoms with Crippen LogP contribution in [-0.4, -0.2) is 0 Å². The molecule has 0 spiro atoms. The molecule has 0 aliphatic rings. The number of rotatable bonds is 1. The molecule has 0 nitrogen and oxygen atoms in total. The summed E-state index contributed by atoms with van der Waals surface area (Å²) in [6.45, 7) is 1.97. The average Bonchev–Trinajstić information content (AvgIpc) is 2.64. The highest BCUT2D eigenvalue weighted by Gasteiger charge is 2.29. The number of hydrogen-bond acceptors (Lipinski definition) is 1. The fourth-order valence-corrected chi connectivity index (χ4v) is 2.29. The molecule has 0 radical (unpaired) electrons. The van der Waals surface area contributed by atoms with Crippen molar-refractivity contribution >= 4 is 11.3 Å². The summed E-state index contributed by atoms with van der Waals surface area (Å²) in [5, 5.41) is 0. The van der Waals surface area contributed by atoms with Gasteiger partial charge in [0.05, 0.1) is 5.56 Å². The van der Waals surface area contributed by atoms with Crippen LogP contribution in [0.25, 0.3) is 10.4 Å². The summed E-state index contributed by atoms with van der Waals surface area (Å²) in [5.74, 6) is 0. The van der Waals surface area contributed by atoms with Crippen LogP contribution >= 0.6 is 11.3 Å². The van der Waals surface area contributed by atoms with Gasteiger partial charge in [0, 0.05) is 9.75 Å². The van der Waals surface area contributed by atoms with Gasteiger partial charge in [-0.25, -0.2) is 0 Å². The van der Waals surface area contributed by atoms with Crippen LogP contribution in [0.5, 0.6) is 0 Å². The lowest BCUT2D eigenvalue weighted by Gasteiger charge is -2.06. The SMILES string of the molecule is Cc1ccc(-c2ccc(C(F)(F)F)cc2)s1. The molecule has 0 bridgehead atoms. The van der Waals surface area contributed by atoms with Crippen LogP contribution in [0.1, 0.15) is 10.4 Å². The highest BCUT2D eigenvalue weighted by atomic mass is 32.1. The van der Waals surface area contributed by atoms with E-state index >= 15 is 0 Å². The molecule has 0 atom stereocenters. The third-order valence-corrected chi connectivity index (χ3v) is 3.29. The first-order chi connectivity index (χ1) is 7.47. The zero-order valence-corrected chi connectivity index (χ0v) is 9.32. The molecule has 0 amide bonds. The Morgan fingerprint density at radius 1 is 0.938 bits per heavy atom. The molecule has 1 aromatic heterocycles. The van der Waals surface area contributed by atoms with Crippen LogP contribution < -0.4 is 0 Å². The molecule has 0 aliphatic carbocycles. The Kier molecular flexibility index (Phi) is 2.76. The van der Waals surface area contributed by atoms with Gasteiger partial charge in [-0.1, -0.05) is 12.1 Å². The lowest BCUT2D eigenvalue weighted by molar-refractivity contribution is -0.137. The van der Waals surface area contributed by atoms with E-state index in [4.69, 9.17) is 0 Å². The lowest BCUT2D eigenvalue weighted by Crippen LogP contribution is -2.03. The molecule has 0 saturated carbocycles. The summed E-state index contributed by atoms with van der Waals surface area (Å²) in [4.78, 5) is 2.14. The Morgan fingerprint density at radius 2 is 1.56 bits per heavy atom. The molecular weight excluding hydrogens is 233 g/mol. The summed E-state index contributed by atoms with van der Waals surface area (Å²) < 4.78 is 37.0. The highest BCUT2D eigenvalue weighted by Crippen LogP contribution is 2.32. The maximum atomic E-state index is 12.3. The second-order valence-corrected chi connectivity index (χ2v) is 4.77. The predicted molar refractivity (Wildman–Crippen MR) is 59.5 cm³/mol. The van der Waals surface area contributed by atoms with Crippen molar-refractivity contribution < 1.29 is 13.2 Å². The first-order valence-electron chi connectivity index (χ1n) is 4.71. The number of hydrogen-bond donors (Lipinski definition) is 0. The van der Waals surface area contributed by atoms with Crippen LogP contribution in [0.3, 0.4) is 0 Å². The van der Waals surface area contributed by atoms with Crippen molar-refractivity contribution in [3.8, 4) is 10.4 Å². The zero-order chi connectivity index (χ0) is 11.8. The summed E-state index contributed by atoms with van der Waals surface area (Å²) in [6, 6.07) is 9.12. The van der Waals surface area contributed by atoms with Crippen molar-refractivity contribution in [3.63, 3.8) is 0 Å². The van der Waals surface area contributed by atoms with Crippen molar-refractivity contribution in [1.82, 2.24) is 0 Å². The number of halogens is 3. The van der Waals surface area contributed by atoms with Crippen molar-refractivity contribution in [3.05, 3.63) is 46.8 Å². The maximum Gasteiger partial charge on any atom is 0.416 e. The fraction of sp³-hybridized carbons (Fsp3) is 0.167. The van der Waals surface area contributed by atoms with Gasteiger partial charge < -0.3 is 0 Å². The highest BCUT2D eigenvalue weighted by molar-refractivity contribution is 7.15. The molecule has 0 saturated heterocycles. The minimum atomic E-state index is -4.26. The Balaban J connectivity index is 2.33. The van der Waals surface area contributed by atoms with E-state index in [1.54, 1.807) is 11.3 Å². The lowest BCUT2D eigenvalue weighted by atomic mass is 10.1. The van der Waals surface area contributed by atoms with Crippen LogP contribution in [0.2, 0.25) is 0 Å². The van der Waals surface area contributed by atoms with E-state index in [1.165, 1.54) is 12.1 Å². The van der Waals surface area contributed by atoms with E-state index in [-0.39, 0.29) is 0 Å². The second-order valence-electron chi connectivity index (χ2n) is 3.49. The van der Waals surface area contributed by atoms with E-state index in [0.717, 1.165) is 27.5 Å². The molecule has 84 valence electrons. The molecular formula is C12H9F3S. The molecule has 0 aliphatic heterocycles. The van der Waals surface area contributed by atoms with Gasteiger partial charge in [-0.15, -0.1) is 11.3 Å². The Morgan fingerprint density at radius 3 is 2.00 bits per heavy atom. The molecule has 2 rings (SSSR count). The van der Waals surface area contributed by atoms with Crippen LogP contribution in [-0.2, 0) is 6.18 Å². The third-order valence-electron chi connectivity index (χ3n) is 2.24. The smallest absolute Gasteiger partial charge is 0.166 e. The molecule has 2 aromatic rings. The normalized spacial score (nSPS) is 11.8. The molecule has 1 aromatic carbocycles. The summed E-state index contributed by atoms with van der Waals surface area (Å²) in [7, 11) is 0. The maximum absolute atomic E-state index is 12.3. The Labute approximate surface area is 95.4 Å². The quantitative estimate of drug-likeness (QED) is 0.677. The molecule has 4 heteroatoms. The summed E-state index contributed by atoms with van der Waals surface area (Å²) >= 11 is 1.57. The minimum absolute atomic E-state index is 0.607. The zero-order valence-electron chi connectivity index (χ0n) is 8.51. The number of thiophene rings is 1. The van der Waals surface area contributed by atoms with Crippen molar-refractivity contribution in [2.24, 2.45) is 0 Å². The minimum Gasteiger partial charge on any atom is -0.166 e. The van der Waals surface area contributed by atoms with Crippen LogP contribution in [0, 0.1) is 6.92 Å². The van der Waals surface area contributed by atoms with E-state index < -0.39 is 11.7 Å². The van der Waals surface area contributed by atoms with Gasteiger partial charge in [0.15, 0.2) is 0 Å². The molecule has 0 N–H and O–H groups in total. The summed E-state index contributed by atoms with van der Waals surface area (Å²) in [6.07, 6.45) is -4.26. The first-order valence-corrected chi connectivity index (χ1v) is 5.52. The average molecular weight is 242 g/mol. The van der Waals surface area contributed by atoms with Crippen LogP contribution in [0.15, 0.2) is 36.4 Å². The molecule has 1 heterocycles. The number of benzene rings is 1. The van der Waals surface area contributed by atoms with Gasteiger partial charge in [-0.3, -0.25) is 0 Å². The largest absolute Gasteiger partial charge is 0.416 e. The van der Waals surface area contributed by atoms with Gasteiger partial charge >= 0.3 is 6.18 Å². The molecule has 16 heavy (non-hydrogen) atoms. The Bertz CT molecular complexity index is 480. The van der Waals surface area contributed by atoms with Crippen molar-refractivity contribution in [2.45, 2.75) is 13.1 Å². The van der Waals surface area contributed by atoms with E-state index in [0.29, 0.717) is 0 Å². The van der Waals surface area contributed by atoms with E-state index in [2.05, 4.69) is 0 Å². The predicted octanol–water partition coefficient (Wildman–Crippen LogP) is 4.74. The van der Waals surface area contributed by atoms with Gasteiger partial charge in [0.25, 0.3) is 0 Å². The third kappa shape index (κ3) is 2.27. The number of aryl methyl sites for hydroxylation is 1. The van der Waals surface area contributed by atoms with Gasteiger partial charge in [0.2, 0.25) is 0 Å². The monoisotopic (exact) mass is 242 g/mol. The standard InChI is InChI=1S/C12H9F3S/c1-8-2-7-11(16-8)9-3-5-10(6-4-9)12(13,14)15/h2-7H,1H3. The molecule has 0 fully saturated rings. The van der Waals surface area contributed by atoms with Gasteiger partial charge in [-0.05, 0) is 36.8 Å². The first kappa shape index (κ1) is 11.2.